The Morgan fingerprint density at radius 2 is 1.80 bits per heavy atom. The number of anilines is 1. The van der Waals surface area contributed by atoms with Gasteiger partial charge in [-0.15, -0.1) is 0 Å². The van der Waals surface area contributed by atoms with Crippen molar-refractivity contribution in [3.05, 3.63) is 71.4 Å². The fraction of sp³-hybridized carbons (Fsp3) is 0.111. The van der Waals surface area contributed by atoms with Crippen molar-refractivity contribution < 1.29 is 18.0 Å². The molecule has 0 fully saturated rings. The van der Waals surface area contributed by atoms with Gasteiger partial charge in [0, 0.05) is 5.56 Å². The maximum absolute atomic E-state index is 13.3. The van der Waals surface area contributed by atoms with Gasteiger partial charge in [-0.25, -0.2) is 0 Å². The Labute approximate surface area is 141 Å². The molecule has 0 radical (unpaired) electrons. The fourth-order valence-electron chi connectivity index (χ4n) is 2.49. The summed E-state index contributed by atoms with van der Waals surface area (Å²) in [5.41, 5.74) is 0.333. The van der Waals surface area contributed by atoms with Crippen molar-refractivity contribution in [1.82, 2.24) is 10.2 Å². The first-order chi connectivity index (χ1) is 11.9. The number of halogens is 3. The summed E-state index contributed by atoms with van der Waals surface area (Å²) in [6.45, 7) is 1.82. The summed E-state index contributed by atoms with van der Waals surface area (Å²) in [6, 6.07) is 14.8. The van der Waals surface area contributed by atoms with E-state index in [0.717, 1.165) is 5.56 Å². The monoisotopic (exact) mass is 345 g/mol. The third-order valence-electron chi connectivity index (χ3n) is 3.62. The topological polar surface area (TPSA) is 57.8 Å². The van der Waals surface area contributed by atoms with Crippen LogP contribution in [0.5, 0.6) is 0 Å². The smallest absolute Gasteiger partial charge is 0.305 e. The molecule has 7 heteroatoms. The average molecular weight is 345 g/mol. The molecule has 2 N–H and O–H groups in total. The van der Waals surface area contributed by atoms with Crippen molar-refractivity contribution in [2.45, 2.75) is 13.1 Å². The van der Waals surface area contributed by atoms with Crippen LogP contribution in [0.3, 0.4) is 0 Å². The second-order valence-electron chi connectivity index (χ2n) is 5.51. The summed E-state index contributed by atoms with van der Waals surface area (Å²) in [5, 5.41) is 8.12. The molecule has 0 aliphatic heterocycles. The van der Waals surface area contributed by atoms with Gasteiger partial charge in [-0.3, -0.25) is 9.89 Å². The van der Waals surface area contributed by atoms with E-state index in [1.807, 2.05) is 18.1 Å². The summed E-state index contributed by atoms with van der Waals surface area (Å²) in [4.78, 5) is 12.4. The predicted octanol–water partition coefficient (Wildman–Crippen LogP) is 4.66. The zero-order valence-electron chi connectivity index (χ0n) is 13.2. The first-order valence-corrected chi connectivity index (χ1v) is 7.45. The highest BCUT2D eigenvalue weighted by Gasteiger charge is 2.38. The van der Waals surface area contributed by atoms with Crippen LogP contribution in [0, 0.1) is 6.92 Å². The SMILES string of the molecule is Cc1cccc(C(=O)Nc2n[nH]c(C(F)(F)F)c2-c2ccccc2)c1. The van der Waals surface area contributed by atoms with Crippen LogP contribution in [0.25, 0.3) is 11.1 Å². The van der Waals surface area contributed by atoms with E-state index in [4.69, 9.17) is 0 Å². The van der Waals surface area contributed by atoms with Gasteiger partial charge in [0.1, 0.15) is 5.69 Å². The third-order valence-corrected chi connectivity index (χ3v) is 3.62. The number of carbonyl (C=O) groups excluding carboxylic acids is 1. The second kappa shape index (κ2) is 6.43. The predicted molar refractivity (Wildman–Crippen MR) is 88.2 cm³/mol. The summed E-state index contributed by atoms with van der Waals surface area (Å²) in [7, 11) is 0. The molecule has 1 aromatic heterocycles. The Morgan fingerprint density at radius 1 is 1.08 bits per heavy atom. The van der Waals surface area contributed by atoms with Gasteiger partial charge in [-0.05, 0) is 24.6 Å². The molecule has 0 spiro atoms. The van der Waals surface area contributed by atoms with Gasteiger partial charge < -0.3 is 5.32 Å². The highest BCUT2D eigenvalue weighted by atomic mass is 19.4. The molecule has 3 aromatic rings. The van der Waals surface area contributed by atoms with Crippen LogP contribution in [0.4, 0.5) is 19.0 Å². The second-order valence-corrected chi connectivity index (χ2v) is 5.51. The Balaban J connectivity index is 2.02. The molecule has 0 saturated carbocycles. The maximum Gasteiger partial charge on any atom is 0.433 e. The molecule has 0 aliphatic carbocycles. The highest BCUT2D eigenvalue weighted by molar-refractivity contribution is 6.05. The zero-order valence-corrected chi connectivity index (χ0v) is 13.2. The van der Waals surface area contributed by atoms with Crippen molar-refractivity contribution in [2.75, 3.05) is 5.32 Å². The van der Waals surface area contributed by atoms with Crippen molar-refractivity contribution in [1.29, 1.82) is 0 Å². The van der Waals surface area contributed by atoms with E-state index >= 15 is 0 Å². The summed E-state index contributed by atoms with van der Waals surface area (Å²) >= 11 is 0. The number of nitrogens with zero attached hydrogens (tertiary/aromatic N) is 1. The molecule has 2 aromatic carbocycles. The van der Waals surface area contributed by atoms with E-state index in [0.29, 0.717) is 11.1 Å². The lowest BCUT2D eigenvalue weighted by atomic mass is 10.0. The van der Waals surface area contributed by atoms with E-state index in [-0.39, 0.29) is 11.4 Å². The molecule has 0 saturated heterocycles. The van der Waals surface area contributed by atoms with E-state index in [9.17, 15) is 18.0 Å². The molecule has 1 amide bonds. The van der Waals surface area contributed by atoms with Gasteiger partial charge in [0.05, 0.1) is 5.56 Å². The van der Waals surface area contributed by atoms with Crippen molar-refractivity contribution >= 4 is 11.7 Å². The summed E-state index contributed by atoms with van der Waals surface area (Å²) < 4.78 is 39.8. The first kappa shape index (κ1) is 16.8. The number of hydrogen-bond donors (Lipinski definition) is 2. The molecule has 0 unspecified atom stereocenters. The number of aromatic nitrogens is 2. The van der Waals surface area contributed by atoms with E-state index in [1.165, 1.54) is 12.1 Å². The molecule has 0 atom stereocenters. The largest absolute Gasteiger partial charge is 0.433 e. The molecule has 1 heterocycles. The number of aryl methyl sites for hydroxylation is 1. The lowest BCUT2D eigenvalue weighted by Crippen LogP contribution is -2.13. The average Bonchev–Trinajstić information content (AvgIpc) is 2.99. The van der Waals surface area contributed by atoms with Crippen LogP contribution in [-0.2, 0) is 6.18 Å². The number of nitrogens with one attached hydrogen (secondary N) is 2. The molecule has 0 aliphatic rings. The highest BCUT2D eigenvalue weighted by Crippen LogP contribution is 2.39. The number of carbonyl (C=O) groups is 1. The van der Waals surface area contributed by atoms with Crippen LogP contribution in [0.1, 0.15) is 21.6 Å². The van der Waals surface area contributed by atoms with Crippen LogP contribution in [0.2, 0.25) is 0 Å². The number of alkyl halides is 3. The van der Waals surface area contributed by atoms with Crippen molar-refractivity contribution in [3.8, 4) is 11.1 Å². The van der Waals surface area contributed by atoms with Gasteiger partial charge in [0.2, 0.25) is 0 Å². The Bertz CT molecular complexity index is 901. The van der Waals surface area contributed by atoms with Gasteiger partial charge in [-0.2, -0.15) is 18.3 Å². The number of rotatable bonds is 3. The number of benzene rings is 2. The van der Waals surface area contributed by atoms with E-state index < -0.39 is 17.8 Å². The van der Waals surface area contributed by atoms with Gasteiger partial charge in [-0.1, -0.05) is 48.0 Å². The minimum Gasteiger partial charge on any atom is -0.305 e. The zero-order chi connectivity index (χ0) is 18.0. The molecule has 3 rings (SSSR count). The number of aromatic amines is 1. The minimum absolute atomic E-state index is 0.162. The van der Waals surface area contributed by atoms with E-state index in [2.05, 4.69) is 10.4 Å². The normalized spacial score (nSPS) is 11.4. The van der Waals surface area contributed by atoms with Crippen LogP contribution in [0.15, 0.2) is 54.6 Å². The Morgan fingerprint density at radius 3 is 2.44 bits per heavy atom. The lowest BCUT2D eigenvalue weighted by Gasteiger charge is -2.10. The quantitative estimate of drug-likeness (QED) is 0.725. The standard InChI is InChI=1S/C18H14F3N3O/c1-11-6-5-9-13(10-11)17(25)22-16-14(12-7-3-2-4-8-12)15(23-24-16)18(19,20)21/h2-10H,1H3,(H2,22,23,24,25). The first-order valence-electron chi connectivity index (χ1n) is 7.45. The summed E-state index contributed by atoms with van der Waals surface area (Å²) in [5.74, 6) is -0.689. The Hall–Kier alpha value is -3.09. The van der Waals surface area contributed by atoms with Gasteiger partial charge in [0.15, 0.2) is 5.82 Å². The molecule has 25 heavy (non-hydrogen) atoms. The van der Waals surface area contributed by atoms with E-state index in [1.54, 1.807) is 36.4 Å². The Kier molecular flexibility index (Phi) is 4.31. The number of H-pyrrole nitrogens is 1. The van der Waals surface area contributed by atoms with Crippen LogP contribution in [-0.4, -0.2) is 16.1 Å². The lowest BCUT2D eigenvalue weighted by molar-refractivity contribution is -0.140. The summed E-state index contributed by atoms with van der Waals surface area (Å²) in [6.07, 6.45) is -4.62. The minimum atomic E-state index is -4.62. The third kappa shape index (κ3) is 3.55. The number of hydrogen-bond acceptors (Lipinski definition) is 2. The molecule has 128 valence electrons. The van der Waals surface area contributed by atoms with Gasteiger partial charge >= 0.3 is 6.18 Å². The molecule has 0 bridgehead atoms. The van der Waals surface area contributed by atoms with Crippen molar-refractivity contribution in [2.24, 2.45) is 0 Å². The molecule has 4 nitrogen and oxygen atoms in total. The van der Waals surface area contributed by atoms with Crippen molar-refractivity contribution in [3.63, 3.8) is 0 Å². The number of amides is 1. The maximum atomic E-state index is 13.3. The van der Waals surface area contributed by atoms with Crippen LogP contribution < -0.4 is 5.32 Å². The molecular formula is C18H14F3N3O. The van der Waals surface area contributed by atoms with Gasteiger partial charge in [0.25, 0.3) is 5.91 Å². The molecular weight excluding hydrogens is 331 g/mol. The van der Waals surface area contributed by atoms with Crippen LogP contribution >= 0.6 is 0 Å². The fourth-order valence-corrected chi connectivity index (χ4v) is 2.49.